The first-order valence-electron chi connectivity index (χ1n) is 3.62. The molecule has 0 bridgehead atoms. The van der Waals surface area contributed by atoms with Crippen molar-refractivity contribution in [2.45, 2.75) is 6.92 Å². The minimum Gasteiger partial charge on any atom is -0.278 e. The topological polar surface area (TPSA) is 28.7 Å². The van der Waals surface area contributed by atoms with E-state index in [1.165, 1.54) is 10.9 Å². The molecular weight excluding hydrogens is 136 g/mol. The van der Waals surface area contributed by atoms with Crippen molar-refractivity contribution < 1.29 is 0 Å². The van der Waals surface area contributed by atoms with Crippen molar-refractivity contribution in [1.29, 1.82) is 0 Å². The highest BCUT2D eigenvalue weighted by atomic mass is 15.1. The van der Waals surface area contributed by atoms with E-state index in [4.69, 9.17) is 0 Å². The van der Waals surface area contributed by atoms with Crippen molar-refractivity contribution in [3.8, 4) is 0 Å². The molecule has 0 saturated carbocycles. The summed E-state index contributed by atoms with van der Waals surface area (Å²) in [5.41, 5.74) is 2.33. The second kappa shape index (κ2) is 2.38. The van der Waals surface area contributed by atoms with Gasteiger partial charge in [-0.05, 0) is 24.1 Å². The van der Waals surface area contributed by atoms with Crippen molar-refractivity contribution in [3.05, 3.63) is 36.4 Å². The predicted octanol–water partition coefficient (Wildman–Crippen LogP) is 2.14. The van der Waals surface area contributed by atoms with Crippen LogP contribution in [-0.4, -0.2) is 10.2 Å². The zero-order chi connectivity index (χ0) is 7.68. The first kappa shape index (κ1) is 6.40. The van der Waals surface area contributed by atoms with Gasteiger partial charge in [-0.1, -0.05) is 13.0 Å². The molecule has 2 heteroatoms. The highest BCUT2D eigenvalue weighted by Gasteiger charge is 1.94. The summed E-state index contributed by atoms with van der Waals surface area (Å²) >= 11 is 0. The second-order valence-corrected chi connectivity index (χ2v) is 2.51. The van der Waals surface area contributed by atoms with Gasteiger partial charge in [0.15, 0.2) is 0 Å². The molecule has 1 N–H and O–H groups in total. The molecule has 2 rings (SSSR count). The molecule has 11 heavy (non-hydrogen) atoms. The summed E-state index contributed by atoms with van der Waals surface area (Å²) in [6.07, 6.45) is 3.91. The Morgan fingerprint density at radius 1 is 1.45 bits per heavy atom. The van der Waals surface area contributed by atoms with Crippen LogP contribution in [0.5, 0.6) is 0 Å². The average Bonchev–Trinajstić information content (AvgIpc) is 2.50. The fourth-order valence-electron chi connectivity index (χ4n) is 1.14. The van der Waals surface area contributed by atoms with Crippen LogP contribution in [-0.2, 0) is 0 Å². The number of fused-ring (bicyclic) bond motifs is 1. The van der Waals surface area contributed by atoms with Gasteiger partial charge in [-0.2, -0.15) is 5.10 Å². The fourth-order valence-corrected chi connectivity index (χ4v) is 1.14. The quantitative estimate of drug-likeness (QED) is 0.654. The van der Waals surface area contributed by atoms with Gasteiger partial charge >= 0.3 is 0 Å². The van der Waals surface area contributed by atoms with Gasteiger partial charge in [-0.15, -0.1) is 0 Å². The second-order valence-electron chi connectivity index (χ2n) is 2.51. The standard InChI is InChI=1S/C9H9N2/c1-2-7-3-4-9-8(5-7)6-10-11-9/h2-6H,1H3,(H,10,11). The molecular formula is C9H9N2. The molecule has 0 saturated heterocycles. The summed E-state index contributed by atoms with van der Waals surface area (Å²) in [5, 5.41) is 8.01. The molecule has 0 aliphatic carbocycles. The van der Waals surface area contributed by atoms with Gasteiger partial charge in [-0.3, -0.25) is 5.10 Å². The van der Waals surface area contributed by atoms with E-state index in [2.05, 4.69) is 28.8 Å². The van der Waals surface area contributed by atoms with Crippen LogP contribution >= 0.6 is 0 Å². The van der Waals surface area contributed by atoms with Gasteiger partial charge in [0.2, 0.25) is 0 Å². The Morgan fingerprint density at radius 2 is 2.36 bits per heavy atom. The lowest BCUT2D eigenvalue weighted by molar-refractivity contribution is 1.12. The third-order valence-corrected chi connectivity index (χ3v) is 1.80. The van der Waals surface area contributed by atoms with E-state index in [1.807, 2.05) is 19.2 Å². The minimum absolute atomic E-state index is 1.09. The normalized spacial score (nSPS) is 10.6. The molecule has 1 heterocycles. The fraction of sp³-hybridized carbons (Fsp3) is 0.111. The average molecular weight is 145 g/mol. The van der Waals surface area contributed by atoms with Gasteiger partial charge in [0.25, 0.3) is 0 Å². The molecule has 1 radical (unpaired) electrons. The molecule has 0 fully saturated rings. The SMILES string of the molecule is C[CH]c1ccc2[nH]ncc2c1. The largest absolute Gasteiger partial charge is 0.278 e. The Bertz CT molecular complexity index is 362. The molecule has 2 nitrogen and oxygen atoms in total. The number of rotatable bonds is 1. The number of hydrogen-bond donors (Lipinski definition) is 1. The van der Waals surface area contributed by atoms with E-state index in [9.17, 15) is 0 Å². The molecule has 0 amide bonds. The number of nitrogens with one attached hydrogen (secondary N) is 1. The van der Waals surface area contributed by atoms with Gasteiger partial charge in [0.05, 0.1) is 11.7 Å². The molecule has 2 aromatic rings. The molecule has 1 aromatic heterocycles. The van der Waals surface area contributed by atoms with Crippen LogP contribution in [0, 0.1) is 6.42 Å². The number of aromatic amines is 1. The molecule has 0 aliphatic heterocycles. The van der Waals surface area contributed by atoms with Crippen LogP contribution in [0.4, 0.5) is 0 Å². The summed E-state index contributed by atoms with van der Waals surface area (Å²) in [6.45, 7) is 2.03. The van der Waals surface area contributed by atoms with E-state index in [-0.39, 0.29) is 0 Å². The van der Waals surface area contributed by atoms with E-state index < -0.39 is 0 Å². The number of nitrogens with zero attached hydrogens (tertiary/aromatic N) is 1. The summed E-state index contributed by atoms with van der Waals surface area (Å²) in [4.78, 5) is 0. The molecule has 55 valence electrons. The van der Waals surface area contributed by atoms with Gasteiger partial charge < -0.3 is 0 Å². The minimum atomic E-state index is 1.09. The highest BCUT2D eigenvalue weighted by Crippen LogP contribution is 2.13. The van der Waals surface area contributed by atoms with Crippen LogP contribution in [0.2, 0.25) is 0 Å². The predicted molar refractivity (Wildman–Crippen MR) is 45.2 cm³/mol. The van der Waals surface area contributed by atoms with Gasteiger partial charge in [-0.25, -0.2) is 0 Å². The van der Waals surface area contributed by atoms with Gasteiger partial charge in [0.1, 0.15) is 0 Å². The molecule has 0 spiro atoms. The zero-order valence-corrected chi connectivity index (χ0v) is 6.33. The number of benzene rings is 1. The maximum atomic E-state index is 3.94. The van der Waals surface area contributed by atoms with Crippen LogP contribution in [0.25, 0.3) is 10.9 Å². The van der Waals surface area contributed by atoms with Crippen LogP contribution in [0.15, 0.2) is 24.4 Å². The first-order chi connectivity index (χ1) is 5.40. The van der Waals surface area contributed by atoms with Crippen molar-refractivity contribution in [3.63, 3.8) is 0 Å². The van der Waals surface area contributed by atoms with Crippen LogP contribution in [0.1, 0.15) is 12.5 Å². The van der Waals surface area contributed by atoms with E-state index in [0.717, 1.165) is 5.52 Å². The van der Waals surface area contributed by atoms with Crippen molar-refractivity contribution in [2.24, 2.45) is 0 Å². The summed E-state index contributed by atoms with van der Waals surface area (Å²) in [5.74, 6) is 0. The number of hydrogen-bond acceptors (Lipinski definition) is 1. The molecule has 1 aromatic carbocycles. The lowest BCUT2D eigenvalue weighted by Crippen LogP contribution is -1.75. The monoisotopic (exact) mass is 145 g/mol. The third-order valence-electron chi connectivity index (χ3n) is 1.80. The maximum absolute atomic E-state index is 3.94. The Kier molecular flexibility index (Phi) is 1.39. The number of H-pyrrole nitrogens is 1. The van der Waals surface area contributed by atoms with E-state index in [0.29, 0.717) is 0 Å². The van der Waals surface area contributed by atoms with Gasteiger partial charge in [0, 0.05) is 5.39 Å². The highest BCUT2D eigenvalue weighted by molar-refractivity contribution is 5.78. The lowest BCUT2D eigenvalue weighted by atomic mass is 10.1. The molecule has 0 atom stereocenters. The summed E-state index contributed by atoms with van der Waals surface area (Å²) in [7, 11) is 0. The lowest BCUT2D eigenvalue weighted by Gasteiger charge is -1.93. The Hall–Kier alpha value is -1.31. The van der Waals surface area contributed by atoms with Crippen molar-refractivity contribution in [2.75, 3.05) is 0 Å². The Morgan fingerprint density at radius 3 is 3.18 bits per heavy atom. The van der Waals surface area contributed by atoms with E-state index >= 15 is 0 Å². The first-order valence-corrected chi connectivity index (χ1v) is 3.62. The van der Waals surface area contributed by atoms with Crippen molar-refractivity contribution in [1.82, 2.24) is 10.2 Å². The summed E-state index contributed by atoms with van der Waals surface area (Å²) < 4.78 is 0. The van der Waals surface area contributed by atoms with Crippen LogP contribution in [0.3, 0.4) is 0 Å². The maximum Gasteiger partial charge on any atom is 0.0650 e. The Balaban J connectivity index is 2.67. The smallest absolute Gasteiger partial charge is 0.0650 e. The van der Waals surface area contributed by atoms with E-state index in [1.54, 1.807) is 0 Å². The molecule has 0 aliphatic rings. The Labute approximate surface area is 65.2 Å². The number of aromatic nitrogens is 2. The summed E-state index contributed by atoms with van der Waals surface area (Å²) in [6, 6.07) is 6.22. The van der Waals surface area contributed by atoms with Crippen molar-refractivity contribution >= 4 is 10.9 Å². The third kappa shape index (κ3) is 1.00. The van der Waals surface area contributed by atoms with Crippen LogP contribution < -0.4 is 0 Å². The molecule has 0 unspecified atom stereocenters. The zero-order valence-electron chi connectivity index (χ0n) is 6.33.